The molecule has 3 nitrogen and oxygen atoms in total. The third-order valence-electron chi connectivity index (χ3n) is 2.63. The average molecular weight is 255 g/mol. The molecular formula is C12H12F3N3. The molecule has 0 unspecified atom stereocenters. The molecule has 6 heteroatoms. The Bertz CT molecular complexity index is 551. The molecule has 0 spiro atoms. The van der Waals surface area contributed by atoms with Gasteiger partial charge in [0.05, 0.1) is 5.69 Å². The lowest BCUT2D eigenvalue weighted by molar-refractivity contribution is 0.486. The summed E-state index contributed by atoms with van der Waals surface area (Å²) in [5.74, 6) is -2.98. The summed E-state index contributed by atoms with van der Waals surface area (Å²) in [7, 11) is 1.79. The molecule has 1 heterocycles. The van der Waals surface area contributed by atoms with E-state index in [9.17, 15) is 13.2 Å². The van der Waals surface area contributed by atoms with Gasteiger partial charge in [-0.25, -0.2) is 13.2 Å². The highest BCUT2D eigenvalue weighted by atomic mass is 19.2. The van der Waals surface area contributed by atoms with E-state index in [1.165, 1.54) is 0 Å². The number of rotatable bonds is 4. The van der Waals surface area contributed by atoms with Crippen LogP contribution in [-0.2, 0) is 20.1 Å². The van der Waals surface area contributed by atoms with Gasteiger partial charge in [0.15, 0.2) is 11.6 Å². The minimum absolute atomic E-state index is 0.0936. The summed E-state index contributed by atoms with van der Waals surface area (Å²) in [5, 5.41) is 6.92. The topological polar surface area (TPSA) is 29.9 Å². The van der Waals surface area contributed by atoms with Gasteiger partial charge >= 0.3 is 0 Å². The number of hydrogen-bond acceptors (Lipinski definition) is 2. The van der Waals surface area contributed by atoms with Gasteiger partial charge in [0.25, 0.3) is 0 Å². The molecule has 0 radical (unpaired) electrons. The second-order valence-electron chi connectivity index (χ2n) is 3.91. The monoisotopic (exact) mass is 255 g/mol. The third-order valence-corrected chi connectivity index (χ3v) is 2.63. The summed E-state index contributed by atoms with van der Waals surface area (Å²) >= 11 is 0. The van der Waals surface area contributed by atoms with Crippen molar-refractivity contribution in [3.8, 4) is 0 Å². The standard InChI is InChI=1S/C12H12F3N3/c1-18-9(2-3-17-18)7-16-6-8-4-11(14)12(15)5-10(8)13/h2-5,16H,6-7H2,1H3. The van der Waals surface area contributed by atoms with Crippen molar-refractivity contribution < 1.29 is 13.2 Å². The zero-order chi connectivity index (χ0) is 13.1. The molecule has 0 aliphatic heterocycles. The molecule has 96 valence electrons. The van der Waals surface area contributed by atoms with Crippen molar-refractivity contribution in [2.24, 2.45) is 7.05 Å². The predicted molar refractivity (Wildman–Crippen MR) is 60.1 cm³/mol. The van der Waals surface area contributed by atoms with Crippen LogP contribution in [0.3, 0.4) is 0 Å². The Morgan fingerprint density at radius 2 is 1.83 bits per heavy atom. The van der Waals surface area contributed by atoms with E-state index < -0.39 is 17.5 Å². The molecule has 0 fully saturated rings. The van der Waals surface area contributed by atoms with E-state index in [2.05, 4.69) is 10.4 Å². The van der Waals surface area contributed by atoms with E-state index in [-0.39, 0.29) is 12.1 Å². The second-order valence-corrected chi connectivity index (χ2v) is 3.91. The van der Waals surface area contributed by atoms with Gasteiger partial charge in [0.1, 0.15) is 5.82 Å². The summed E-state index contributed by atoms with van der Waals surface area (Å²) in [6.45, 7) is 0.586. The summed E-state index contributed by atoms with van der Waals surface area (Å²) in [6, 6.07) is 3.23. The number of hydrogen-bond donors (Lipinski definition) is 1. The van der Waals surface area contributed by atoms with Gasteiger partial charge in [0, 0.05) is 38.0 Å². The van der Waals surface area contributed by atoms with Crippen molar-refractivity contribution in [2.75, 3.05) is 0 Å². The number of benzene rings is 1. The van der Waals surface area contributed by atoms with Crippen LogP contribution in [0, 0.1) is 17.5 Å². The summed E-state index contributed by atoms with van der Waals surface area (Å²) in [6.07, 6.45) is 1.65. The zero-order valence-corrected chi connectivity index (χ0v) is 9.75. The molecule has 0 saturated heterocycles. The first-order chi connectivity index (χ1) is 8.58. The lowest BCUT2D eigenvalue weighted by Crippen LogP contribution is -2.16. The number of nitrogens with one attached hydrogen (secondary N) is 1. The smallest absolute Gasteiger partial charge is 0.161 e. The van der Waals surface area contributed by atoms with Gasteiger partial charge in [-0.2, -0.15) is 5.10 Å². The summed E-state index contributed by atoms with van der Waals surface area (Å²) in [4.78, 5) is 0. The van der Waals surface area contributed by atoms with Gasteiger partial charge in [-0.15, -0.1) is 0 Å². The van der Waals surface area contributed by atoms with E-state index in [4.69, 9.17) is 0 Å². The van der Waals surface area contributed by atoms with Crippen molar-refractivity contribution in [1.29, 1.82) is 0 Å². The summed E-state index contributed by atoms with van der Waals surface area (Å²) < 4.78 is 40.6. The maximum absolute atomic E-state index is 13.3. The fourth-order valence-corrected chi connectivity index (χ4v) is 1.60. The molecule has 0 bridgehead atoms. The number of halogens is 3. The van der Waals surface area contributed by atoms with Crippen molar-refractivity contribution in [2.45, 2.75) is 13.1 Å². The van der Waals surface area contributed by atoms with Crippen LogP contribution in [0.5, 0.6) is 0 Å². The first-order valence-electron chi connectivity index (χ1n) is 5.39. The SMILES string of the molecule is Cn1nccc1CNCc1cc(F)c(F)cc1F. The Labute approximate surface area is 102 Å². The third kappa shape index (κ3) is 2.70. The van der Waals surface area contributed by atoms with Crippen molar-refractivity contribution >= 4 is 0 Å². The van der Waals surface area contributed by atoms with Gasteiger partial charge in [-0.3, -0.25) is 4.68 Å². The normalized spacial score (nSPS) is 10.9. The number of aromatic nitrogens is 2. The zero-order valence-electron chi connectivity index (χ0n) is 9.75. The van der Waals surface area contributed by atoms with E-state index >= 15 is 0 Å². The highest BCUT2D eigenvalue weighted by molar-refractivity contribution is 5.20. The van der Waals surface area contributed by atoms with E-state index in [0.29, 0.717) is 12.6 Å². The molecule has 1 aromatic heterocycles. The molecule has 18 heavy (non-hydrogen) atoms. The fourth-order valence-electron chi connectivity index (χ4n) is 1.60. The van der Waals surface area contributed by atoms with Crippen LogP contribution in [0.4, 0.5) is 13.2 Å². The van der Waals surface area contributed by atoms with Gasteiger partial charge < -0.3 is 5.32 Å². The Morgan fingerprint density at radius 1 is 1.11 bits per heavy atom. The van der Waals surface area contributed by atoms with Crippen molar-refractivity contribution in [3.63, 3.8) is 0 Å². The van der Waals surface area contributed by atoms with Crippen LogP contribution < -0.4 is 5.32 Å². The molecular weight excluding hydrogens is 243 g/mol. The molecule has 1 aromatic carbocycles. The predicted octanol–water partition coefficient (Wildman–Crippen LogP) is 2.13. The average Bonchev–Trinajstić information content (AvgIpc) is 2.72. The molecule has 2 rings (SSSR count). The van der Waals surface area contributed by atoms with Crippen LogP contribution in [0.15, 0.2) is 24.4 Å². The van der Waals surface area contributed by atoms with Gasteiger partial charge in [-0.1, -0.05) is 0 Å². The molecule has 2 aromatic rings. The minimum atomic E-state index is -1.18. The lowest BCUT2D eigenvalue weighted by atomic mass is 10.2. The van der Waals surface area contributed by atoms with E-state index in [0.717, 1.165) is 11.8 Å². The Kier molecular flexibility index (Phi) is 3.66. The fraction of sp³-hybridized carbons (Fsp3) is 0.250. The lowest BCUT2D eigenvalue weighted by Gasteiger charge is -2.07. The van der Waals surface area contributed by atoms with Crippen LogP contribution in [0.1, 0.15) is 11.3 Å². The number of aryl methyl sites for hydroxylation is 1. The Hall–Kier alpha value is -1.82. The van der Waals surface area contributed by atoms with E-state index in [1.54, 1.807) is 17.9 Å². The second kappa shape index (κ2) is 5.22. The molecule has 0 aliphatic rings. The van der Waals surface area contributed by atoms with Crippen LogP contribution >= 0.6 is 0 Å². The van der Waals surface area contributed by atoms with E-state index in [1.807, 2.05) is 6.07 Å². The molecule has 1 N–H and O–H groups in total. The Morgan fingerprint density at radius 3 is 2.50 bits per heavy atom. The molecule has 0 atom stereocenters. The maximum Gasteiger partial charge on any atom is 0.161 e. The van der Waals surface area contributed by atoms with Crippen LogP contribution in [0.2, 0.25) is 0 Å². The minimum Gasteiger partial charge on any atom is -0.307 e. The largest absolute Gasteiger partial charge is 0.307 e. The molecule has 0 aliphatic carbocycles. The molecule has 0 saturated carbocycles. The van der Waals surface area contributed by atoms with Gasteiger partial charge in [0.2, 0.25) is 0 Å². The molecule has 0 amide bonds. The van der Waals surface area contributed by atoms with Crippen LogP contribution in [-0.4, -0.2) is 9.78 Å². The first-order valence-corrected chi connectivity index (χ1v) is 5.39. The van der Waals surface area contributed by atoms with Crippen molar-refractivity contribution in [1.82, 2.24) is 15.1 Å². The van der Waals surface area contributed by atoms with Crippen LogP contribution in [0.25, 0.3) is 0 Å². The Balaban J connectivity index is 1.99. The number of nitrogens with zero attached hydrogens (tertiary/aromatic N) is 2. The summed E-state index contributed by atoms with van der Waals surface area (Å²) in [5.41, 5.74) is 1.01. The first kappa shape index (κ1) is 12.6. The highest BCUT2D eigenvalue weighted by Gasteiger charge is 2.09. The quantitative estimate of drug-likeness (QED) is 0.848. The maximum atomic E-state index is 13.3. The highest BCUT2D eigenvalue weighted by Crippen LogP contribution is 2.13. The van der Waals surface area contributed by atoms with Crippen molar-refractivity contribution in [3.05, 3.63) is 53.1 Å². The van der Waals surface area contributed by atoms with Gasteiger partial charge in [-0.05, 0) is 12.1 Å².